The van der Waals surface area contributed by atoms with Gasteiger partial charge in [0.2, 0.25) is 0 Å². The highest BCUT2D eigenvalue weighted by Crippen LogP contribution is 2.33. The number of rotatable bonds is 3. The van der Waals surface area contributed by atoms with Gasteiger partial charge >= 0.3 is 12.4 Å². The summed E-state index contributed by atoms with van der Waals surface area (Å²) < 4.78 is 0. The van der Waals surface area contributed by atoms with Gasteiger partial charge in [-0.3, -0.25) is 0 Å². The van der Waals surface area contributed by atoms with Crippen molar-refractivity contribution in [2.45, 2.75) is 6.92 Å². The summed E-state index contributed by atoms with van der Waals surface area (Å²) in [5.74, 6) is 0. The van der Waals surface area contributed by atoms with E-state index in [0.717, 1.165) is 10.4 Å². The van der Waals surface area contributed by atoms with Gasteiger partial charge in [0.1, 0.15) is 0 Å². The van der Waals surface area contributed by atoms with Crippen LogP contribution in [0.2, 0.25) is 0 Å². The molecule has 1 nitrogen and oxygen atoms in total. The van der Waals surface area contributed by atoms with Crippen LogP contribution in [0.5, 0.6) is 0 Å². The molecule has 2 rings (SSSR count). The van der Waals surface area contributed by atoms with Crippen LogP contribution in [0, 0.1) is 0 Å². The number of benzene rings is 2. The second-order valence-electron chi connectivity index (χ2n) is 4.20. The Morgan fingerprint density at radius 3 is 1.19 bits per heavy atom. The molecule has 0 aliphatic heterocycles. The van der Waals surface area contributed by atoms with E-state index in [2.05, 4.69) is 0 Å². The van der Waals surface area contributed by atoms with E-state index in [9.17, 15) is 0 Å². The molecule has 114 valence electrons. The third kappa shape index (κ3) is 4.73. The van der Waals surface area contributed by atoms with Crippen LogP contribution in [0.4, 0.5) is 0 Å². The summed E-state index contributed by atoms with van der Waals surface area (Å²) in [6.07, 6.45) is -5.87. The Morgan fingerprint density at radius 2 is 0.952 bits per heavy atom. The molecule has 0 unspecified atom stereocenters. The van der Waals surface area contributed by atoms with Gasteiger partial charge in [0, 0.05) is 6.61 Å². The molecule has 0 amide bonds. The van der Waals surface area contributed by atoms with Crippen LogP contribution >= 0.6 is 44.3 Å². The number of hydrogen-bond acceptors (Lipinski definition) is 1. The summed E-state index contributed by atoms with van der Waals surface area (Å²) >= 11 is 26.4. The van der Waals surface area contributed by atoms with Gasteiger partial charge < -0.3 is 5.11 Å². The predicted octanol–water partition coefficient (Wildman–Crippen LogP) is 3.72. The van der Waals surface area contributed by atoms with Crippen molar-refractivity contribution < 1.29 is 5.11 Å². The summed E-state index contributed by atoms with van der Waals surface area (Å²) in [5.41, 5.74) is 0. The fraction of sp³-hybridized carbons (Fsp3) is 0.143. The highest BCUT2D eigenvalue weighted by atomic mass is 35.8. The highest BCUT2D eigenvalue weighted by molar-refractivity contribution is 7.98. The summed E-state index contributed by atoms with van der Waals surface area (Å²) in [4.78, 5) is 0. The fourth-order valence-corrected chi connectivity index (χ4v) is 12.2. The summed E-state index contributed by atoms with van der Waals surface area (Å²) in [7, 11) is 0. The van der Waals surface area contributed by atoms with E-state index in [1.165, 1.54) is 0 Å². The monoisotopic (exact) mass is 396 g/mol. The molecule has 21 heavy (non-hydrogen) atoms. The van der Waals surface area contributed by atoms with Crippen molar-refractivity contribution >= 4 is 67.1 Å². The smallest absolute Gasteiger partial charge is 0.307 e. The fourth-order valence-electron chi connectivity index (χ4n) is 1.66. The lowest BCUT2D eigenvalue weighted by Gasteiger charge is -2.28. The topological polar surface area (TPSA) is 20.2 Å². The van der Waals surface area contributed by atoms with Crippen LogP contribution in [0.3, 0.4) is 0 Å². The van der Waals surface area contributed by atoms with Gasteiger partial charge in [0.15, 0.2) is 0 Å². The van der Waals surface area contributed by atoms with Crippen molar-refractivity contribution in [1.82, 2.24) is 0 Å². The molecule has 0 saturated heterocycles. The van der Waals surface area contributed by atoms with E-state index in [0.29, 0.717) is 0 Å². The molecule has 1 N–H and O–H groups in total. The molecule has 2 aromatic rings. The average molecular weight is 398 g/mol. The summed E-state index contributed by atoms with van der Waals surface area (Å²) in [6, 6.07) is 19.0. The Hall–Kier alpha value is -0.00623. The van der Waals surface area contributed by atoms with Gasteiger partial charge in [0.25, 0.3) is 0 Å². The minimum Gasteiger partial charge on any atom is -0.397 e. The van der Waals surface area contributed by atoms with Gasteiger partial charge in [0.05, 0.1) is 0 Å². The molecule has 0 bridgehead atoms. The molecule has 0 heterocycles. The molecule has 0 radical (unpaired) electrons. The molecule has 0 fully saturated rings. The molecule has 0 aromatic heterocycles. The standard InChI is InChI=1S/C12H10Cl4Si2.C2H6O/c13-17(14,11-7-3-1-4-8-11)18(15,16)12-9-5-2-6-10-12;1-2-3/h1-10H;3H,2H2,1H3. The molecular formula is C14H16Cl4OSi2. The predicted molar refractivity (Wildman–Crippen MR) is 99.8 cm³/mol. The maximum absolute atomic E-state index is 7.57. The molecule has 7 heteroatoms. The Balaban J connectivity index is 0.000000677. The van der Waals surface area contributed by atoms with E-state index in [1.807, 2.05) is 60.7 Å². The molecule has 2 aromatic carbocycles. The number of aliphatic hydroxyl groups excluding tert-OH is 1. The van der Waals surface area contributed by atoms with Gasteiger partial charge in [-0.25, -0.2) is 0 Å². The maximum atomic E-state index is 7.57. The van der Waals surface area contributed by atoms with Crippen molar-refractivity contribution in [1.29, 1.82) is 0 Å². The van der Waals surface area contributed by atoms with Crippen LogP contribution in [0.25, 0.3) is 0 Å². The molecule has 0 aliphatic carbocycles. The second-order valence-corrected chi connectivity index (χ2v) is 23.9. The lowest BCUT2D eigenvalue weighted by Crippen LogP contribution is -2.63. The minimum atomic E-state index is -2.93. The molecule has 0 atom stereocenters. The first kappa shape index (κ1) is 19.0. The zero-order valence-electron chi connectivity index (χ0n) is 11.4. The summed E-state index contributed by atoms with van der Waals surface area (Å²) in [6.45, 7) is 1.93. The first-order chi connectivity index (χ1) is 9.87. The minimum absolute atomic E-state index is 0.250. The quantitative estimate of drug-likeness (QED) is 0.618. The van der Waals surface area contributed by atoms with Gasteiger partial charge in [-0.15, -0.1) is 44.3 Å². The van der Waals surface area contributed by atoms with E-state index in [1.54, 1.807) is 6.92 Å². The first-order valence-electron chi connectivity index (χ1n) is 6.35. The normalized spacial score (nSPS) is 11.5. The van der Waals surface area contributed by atoms with E-state index >= 15 is 0 Å². The SMILES string of the molecule is CCO.Cl[Si](Cl)(c1ccccc1)[Si](Cl)(Cl)c1ccccc1. The highest BCUT2D eigenvalue weighted by Gasteiger charge is 2.56. The van der Waals surface area contributed by atoms with Crippen molar-refractivity contribution in [3.63, 3.8) is 0 Å². The zero-order chi connectivity index (χ0) is 15.9. The first-order valence-corrected chi connectivity index (χ1v) is 15.4. The molecule has 0 spiro atoms. The van der Waals surface area contributed by atoms with Gasteiger partial charge in [-0.05, 0) is 17.3 Å². The lowest BCUT2D eigenvalue weighted by atomic mass is 10.4. The van der Waals surface area contributed by atoms with Crippen LogP contribution < -0.4 is 10.4 Å². The zero-order valence-corrected chi connectivity index (χ0v) is 16.5. The van der Waals surface area contributed by atoms with Gasteiger partial charge in [-0.1, -0.05) is 60.7 Å². The van der Waals surface area contributed by atoms with Crippen LogP contribution in [-0.2, 0) is 0 Å². The van der Waals surface area contributed by atoms with Crippen LogP contribution in [0.15, 0.2) is 60.7 Å². The van der Waals surface area contributed by atoms with E-state index < -0.39 is 12.4 Å². The van der Waals surface area contributed by atoms with Crippen molar-refractivity contribution in [3.8, 4) is 0 Å². The van der Waals surface area contributed by atoms with Crippen molar-refractivity contribution in [3.05, 3.63) is 60.7 Å². The van der Waals surface area contributed by atoms with E-state index in [4.69, 9.17) is 49.4 Å². The third-order valence-corrected chi connectivity index (χ3v) is 26.0. The number of aliphatic hydroxyl groups is 1. The lowest BCUT2D eigenvalue weighted by molar-refractivity contribution is 0.318. The Kier molecular flexibility index (Phi) is 7.78. The molecule has 0 aliphatic rings. The Bertz CT molecular complexity index is 486. The van der Waals surface area contributed by atoms with Crippen LogP contribution in [-0.4, -0.2) is 24.1 Å². The van der Waals surface area contributed by atoms with Crippen LogP contribution in [0.1, 0.15) is 6.92 Å². The number of hydrogen-bond donors (Lipinski definition) is 1. The number of halogens is 4. The van der Waals surface area contributed by atoms with E-state index in [-0.39, 0.29) is 6.61 Å². The Labute approximate surface area is 146 Å². The summed E-state index contributed by atoms with van der Waals surface area (Å²) in [5, 5.41) is 9.28. The van der Waals surface area contributed by atoms with Crippen molar-refractivity contribution in [2.24, 2.45) is 0 Å². The average Bonchev–Trinajstić information content (AvgIpc) is 2.49. The van der Waals surface area contributed by atoms with Crippen molar-refractivity contribution in [2.75, 3.05) is 6.61 Å². The van der Waals surface area contributed by atoms with Gasteiger partial charge in [-0.2, -0.15) is 0 Å². The molecular weight excluding hydrogens is 382 g/mol. The second kappa shape index (κ2) is 8.58. The largest absolute Gasteiger partial charge is 0.397 e. The maximum Gasteiger partial charge on any atom is 0.307 e. The Morgan fingerprint density at radius 1 is 0.714 bits per heavy atom. The molecule has 0 saturated carbocycles. The third-order valence-electron chi connectivity index (χ3n) is 2.67.